The molecular weight excluding hydrogens is 462 g/mol. The Kier molecular flexibility index (Phi) is 5.98. The number of ketones is 1. The van der Waals surface area contributed by atoms with Crippen LogP contribution in [-0.4, -0.2) is 11.7 Å². The molecule has 0 aliphatic rings. The normalized spacial score (nSPS) is 10.7. The minimum atomic E-state index is -0.247. The fraction of sp³-hybridized carbons (Fsp3) is 0.0400. The number of hydrogen-bond donors (Lipinski definition) is 1. The monoisotopic (exact) mass is 477 g/mol. The number of halogens is 2. The van der Waals surface area contributed by atoms with Gasteiger partial charge in [-0.05, 0) is 46.7 Å². The Morgan fingerprint density at radius 3 is 2.33 bits per heavy atom. The van der Waals surface area contributed by atoms with Crippen molar-refractivity contribution in [1.82, 2.24) is 0 Å². The number of carbonyl (C=O) groups excluding carboxylic acids is 2. The van der Waals surface area contributed by atoms with Gasteiger partial charge in [-0.15, -0.1) is 0 Å². The van der Waals surface area contributed by atoms with Crippen LogP contribution in [0.3, 0.4) is 0 Å². The molecule has 4 aromatic rings. The fourth-order valence-corrected chi connectivity index (χ4v) is 3.91. The summed E-state index contributed by atoms with van der Waals surface area (Å²) in [7, 11) is 0. The second kappa shape index (κ2) is 8.82. The van der Waals surface area contributed by atoms with Gasteiger partial charge >= 0.3 is 0 Å². The Labute approximate surface area is 187 Å². The molecule has 4 rings (SSSR count). The molecule has 1 N–H and O–H groups in total. The molecule has 0 aromatic heterocycles. The molecular formula is C25H17BrClNO2. The first-order chi connectivity index (χ1) is 14.5. The van der Waals surface area contributed by atoms with Crippen LogP contribution in [0.15, 0.2) is 89.4 Å². The lowest BCUT2D eigenvalue weighted by Crippen LogP contribution is -2.17. The summed E-state index contributed by atoms with van der Waals surface area (Å²) in [5.41, 5.74) is 2.13. The quantitative estimate of drug-likeness (QED) is 0.326. The van der Waals surface area contributed by atoms with Gasteiger partial charge < -0.3 is 5.32 Å². The zero-order chi connectivity index (χ0) is 21.1. The molecule has 0 radical (unpaired) electrons. The molecule has 0 heterocycles. The van der Waals surface area contributed by atoms with E-state index in [2.05, 4.69) is 21.2 Å². The summed E-state index contributed by atoms with van der Waals surface area (Å²) in [5, 5.41) is 5.46. The minimum absolute atomic E-state index is 0.194. The van der Waals surface area contributed by atoms with E-state index in [0.717, 1.165) is 20.8 Å². The average molecular weight is 479 g/mol. The zero-order valence-electron chi connectivity index (χ0n) is 15.9. The van der Waals surface area contributed by atoms with Crippen LogP contribution in [0.1, 0.15) is 21.5 Å². The summed E-state index contributed by atoms with van der Waals surface area (Å²) in [6.45, 7) is 0. The SMILES string of the molecule is O=C(Cc1ccc2ccccc2c1)Nc1ccc(Br)cc1C(=O)c1ccccc1Cl. The molecule has 4 aromatic carbocycles. The smallest absolute Gasteiger partial charge is 0.228 e. The predicted octanol–water partition coefficient (Wildman–Crippen LogP) is 6.67. The summed E-state index contributed by atoms with van der Waals surface area (Å²) in [5.74, 6) is -0.441. The van der Waals surface area contributed by atoms with Crippen LogP contribution in [-0.2, 0) is 11.2 Å². The summed E-state index contributed by atoms with van der Waals surface area (Å²) in [4.78, 5) is 25.8. The van der Waals surface area contributed by atoms with E-state index in [1.54, 1.807) is 42.5 Å². The van der Waals surface area contributed by atoms with Gasteiger partial charge in [-0.2, -0.15) is 0 Å². The van der Waals surface area contributed by atoms with Gasteiger partial charge in [0.15, 0.2) is 5.78 Å². The van der Waals surface area contributed by atoms with Gasteiger partial charge in [0.1, 0.15) is 0 Å². The van der Waals surface area contributed by atoms with Gasteiger partial charge in [-0.1, -0.05) is 82.1 Å². The van der Waals surface area contributed by atoms with Crippen molar-refractivity contribution in [3.05, 3.63) is 111 Å². The third-order valence-corrected chi connectivity index (χ3v) is 5.62. The third kappa shape index (κ3) is 4.45. The van der Waals surface area contributed by atoms with Crippen molar-refractivity contribution in [3.8, 4) is 0 Å². The van der Waals surface area contributed by atoms with E-state index in [-0.39, 0.29) is 18.1 Å². The number of rotatable bonds is 5. The maximum Gasteiger partial charge on any atom is 0.228 e. The predicted molar refractivity (Wildman–Crippen MR) is 125 cm³/mol. The number of carbonyl (C=O) groups is 2. The van der Waals surface area contributed by atoms with Crippen LogP contribution in [0, 0.1) is 0 Å². The van der Waals surface area contributed by atoms with Crippen molar-refractivity contribution >= 4 is 55.7 Å². The van der Waals surface area contributed by atoms with Gasteiger partial charge in [0, 0.05) is 15.6 Å². The molecule has 30 heavy (non-hydrogen) atoms. The molecule has 3 nitrogen and oxygen atoms in total. The van der Waals surface area contributed by atoms with E-state index in [0.29, 0.717) is 21.8 Å². The first kappa shape index (κ1) is 20.3. The van der Waals surface area contributed by atoms with Crippen LogP contribution in [0.25, 0.3) is 10.8 Å². The lowest BCUT2D eigenvalue weighted by atomic mass is 10.0. The van der Waals surface area contributed by atoms with Gasteiger partial charge in [-0.3, -0.25) is 9.59 Å². The third-order valence-electron chi connectivity index (χ3n) is 4.80. The molecule has 1 amide bonds. The number of anilines is 1. The minimum Gasteiger partial charge on any atom is -0.325 e. The molecule has 0 saturated carbocycles. The van der Waals surface area contributed by atoms with E-state index >= 15 is 0 Å². The van der Waals surface area contributed by atoms with Gasteiger partial charge in [0.25, 0.3) is 0 Å². The van der Waals surface area contributed by atoms with Crippen molar-refractivity contribution in [2.45, 2.75) is 6.42 Å². The summed E-state index contributed by atoms with van der Waals surface area (Å²) >= 11 is 9.60. The Hall–Kier alpha value is -2.95. The van der Waals surface area contributed by atoms with Crippen LogP contribution >= 0.6 is 27.5 Å². The lowest BCUT2D eigenvalue weighted by Gasteiger charge is -2.12. The molecule has 0 unspecified atom stereocenters. The number of fused-ring (bicyclic) bond motifs is 1. The Morgan fingerprint density at radius 2 is 1.53 bits per heavy atom. The zero-order valence-corrected chi connectivity index (χ0v) is 18.2. The van der Waals surface area contributed by atoms with E-state index in [4.69, 9.17) is 11.6 Å². The summed E-state index contributed by atoms with van der Waals surface area (Å²) in [6.07, 6.45) is 0.209. The van der Waals surface area contributed by atoms with Crippen molar-refractivity contribution in [2.75, 3.05) is 5.32 Å². The standard InChI is InChI=1S/C25H17BrClNO2/c26-19-11-12-23(21(15-19)25(30)20-7-3-4-8-22(20)27)28-24(29)14-16-9-10-17-5-1-2-6-18(17)13-16/h1-13,15H,14H2,(H,28,29). The first-order valence-electron chi connectivity index (χ1n) is 9.37. The molecule has 0 fully saturated rings. The summed E-state index contributed by atoms with van der Waals surface area (Å²) < 4.78 is 0.741. The maximum atomic E-state index is 13.1. The van der Waals surface area contributed by atoms with Crippen molar-refractivity contribution in [2.24, 2.45) is 0 Å². The van der Waals surface area contributed by atoms with Crippen LogP contribution in [0.4, 0.5) is 5.69 Å². The van der Waals surface area contributed by atoms with E-state index in [1.165, 1.54) is 0 Å². The van der Waals surface area contributed by atoms with Gasteiger partial charge in [0.2, 0.25) is 5.91 Å². The second-order valence-corrected chi connectivity index (χ2v) is 8.23. The molecule has 0 spiro atoms. The van der Waals surface area contributed by atoms with Crippen molar-refractivity contribution in [1.29, 1.82) is 0 Å². The molecule has 0 aliphatic heterocycles. The highest BCUT2D eigenvalue weighted by Gasteiger charge is 2.18. The highest BCUT2D eigenvalue weighted by molar-refractivity contribution is 9.10. The Balaban J connectivity index is 1.59. The fourth-order valence-electron chi connectivity index (χ4n) is 3.33. The van der Waals surface area contributed by atoms with Gasteiger partial charge in [0.05, 0.1) is 17.1 Å². The largest absolute Gasteiger partial charge is 0.325 e. The van der Waals surface area contributed by atoms with E-state index in [9.17, 15) is 9.59 Å². The van der Waals surface area contributed by atoms with Crippen molar-refractivity contribution < 1.29 is 9.59 Å². The van der Waals surface area contributed by atoms with Crippen LogP contribution in [0.2, 0.25) is 5.02 Å². The number of hydrogen-bond acceptors (Lipinski definition) is 2. The van der Waals surface area contributed by atoms with Crippen LogP contribution in [0.5, 0.6) is 0 Å². The molecule has 0 saturated heterocycles. The molecule has 0 aliphatic carbocycles. The highest BCUT2D eigenvalue weighted by atomic mass is 79.9. The van der Waals surface area contributed by atoms with Crippen molar-refractivity contribution in [3.63, 3.8) is 0 Å². The van der Waals surface area contributed by atoms with Crippen LogP contribution < -0.4 is 5.32 Å². The molecule has 5 heteroatoms. The first-order valence-corrected chi connectivity index (χ1v) is 10.5. The Morgan fingerprint density at radius 1 is 0.800 bits per heavy atom. The average Bonchev–Trinajstić information content (AvgIpc) is 2.75. The van der Waals surface area contributed by atoms with E-state index < -0.39 is 0 Å². The number of benzene rings is 4. The van der Waals surface area contributed by atoms with E-state index in [1.807, 2.05) is 42.5 Å². The Bertz CT molecular complexity index is 1270. The highest BCUT2D eigenvalue weighted by Crippen LogP contribution is 2.27. The summed E-state index contributed by atoms with van der Waals surface area (Å²) in [6, 6.07) is 26.0. The molecule has 148 valence electrons. The maximum absolute atomic E-state index is 13.1. The topological polar surface area (TPSA) is 46.2 Å². The lowest BCUT2D eigenvalue weighted by molar-refractivity contribution is -0.115. The number of amides is 1. The second-order valence-electron chi connectivity index (χ2n) is 6.91. The number of nitrogens with one attached hydrogen (secondary N) is 1. The molecule has 0 atom stereocenters. The van der Waals surface area contributed by atoms with Gasteiger partial charge in [-0.25, -0.2) is 0 Å². The molecule has 0 bridgehead atoms.